The van der Waals surface area contributed by atoms with Crippen molar-refractivity contribution in [3.8, 4) is 0 Å². The third kappa shape index (κ3) is 7.97. The molecule has 0 radical (unpaired) electrons. The Morgan fingerprint density at radius 1 is 0.862 bits per heavy atom. The Balaban J connectivity index is 1.89. The van der Waals surface area contributed by atoms with E-state index in [1.54, 1.807) is 21.3 Å². The number of hydrogen-bond acceptors (Lipinski definition) is 9. The van der Waals surface area contributed by atoms with Crippen LogP contribution in [0.15, 0.2) is 0 Å². The van der Waals surface area contributed by atoms with E-state index in [2.05, 4.69) is 26.2 Å². The zero-order chi connectivity index (χ0) is 21.5. The number of hydrogen-bond donors (Lipinski definition) is 0. The molecule has 29 heavy (non-hydrogen) atoms. The van der Waals surface area contributed by atoms with Gasteiger partial charge in [-0.2, -0.15) is 0 Å². The number of ether oxygens (including phenoxy) is 2. The van der Waals surface area contributed by atoms with E-state index in [1.807, 2.05) is 0 Å². The van der Waals surface area contributed by atoms with Crippen LogP contribution in [-0.2, 0) is 39.2 Å². The van der Waals surface area contributed by atoms with E-state index < -0.39 is 44.5 Å². The summed E-state index contributed by atoms with van der Waals surface area (Å²) in [4.78, 5) is 0. The van der Waals surface area contributed by atoms with E-state index in [0.29, 0.717) is 25.9 Å². The van der Waals surface area contributed by atoms with Crippen molar-refractivity contribution in [1.82, 2.24) is 0 Å². The summed E-state index contributed by atoms with van der Waals surface area (Å²) in [5.41, 5.74) is 0. The van der Waals surface area contributed by atoms with Crippen molar-refractivity contribution in [2.75, 3.05) is 41.2 Å². The fraction of sp³-hybridized carbons (Fsp3) is 1.00. The van der Waals surface area contributed by atoms with Gasteiger partial charge in [0.1, 0.15) is 6.10 Å². The van der Waals surface area contributed by atoms with Gasteiger partial charge in [0, 0.05) is 34.0 Å². The highest BCUT2D eigenvalue weighted by molar-refractivity contribution is 6.85. The maximum absolute atomic E-state index is 6.48. The molecule has 9 nitrogen and oxygen atoms in total. The zero-order valence-electron chi connectivity index (χ0n) is 18.9. The van der Waals surface area contributed by atoms with Gasteiger partial charge >= 0.3 is 44.5 Å². The van der Waals surface area contributed by atoms with E-state index in [1.165, 1.54) is 0 Å². The smallest absolute Gasteiger partial charge is 0.418 e. The molecule has 0 amide bonds. The van der Waals surface area contributed by atoms with Gasteiger partial charge in [-0.15, -0.1) is 0 Å². The molecule has 2 fully saturated rings. The van der Waals surface area contributed by atoms with Gasteiger partial charge in [0.05, 0.1) is 13.2 Å². The summed E-state index contributed by atoms with van der Waals surface area (Å²) >= 11 is 0. The fourth-order valence-corrected chi connectivity index (χ4v) is 24.4. The molecule has 0 aromatic carbocycles. The van der Waals surface area contributed by atoms with Crippen LogP contribution in [0.4, 0.5) is 0 Å². The van der Waals surface area contributed by atoms with Crippen molar-refractivity contribution < 1.29 is 39.2 Å². The van der Waals surface area contributed by atoms with Gasteiger partial charge in [-0.25, -0.2) is 0 Å². The van der Waals surface area contributed by atoms with Crippen LogP contribution in [0, 0.1) is 0 Å². The maximum Gasteiger partial charge on any atom is 0.500 e. The van der Waals surface area contributed by atoms with Crippen molar-refractivity contribution in [2.24, 2.45) is 0 Å². The van der Waals surface area contributed by atoms with Gasteiger partial charge < -0.3 is 39.2 Å². The second-order valence-electron chi connectivity index (χ2n) is 7.80. The van der Waals surface area contributed by atoms with Crippen molar-refractivity contribution >= 4 is 44.5 Å². The molecule has 2 atom stereocenters. The third-order valence-electron chi connectivity index (χ3n) is 5.22. The van der Waals surface area contributed by atoms with Gasteiger partial charge in [-0.05, 0) is 44.7 Å². The molecule has 0 aliphatic carbocycles. The van der Waals surface area contributed by atoms with Crippen LogP contribution in [0.1, 0.15) is 6.42 Å². The van der Waals surface area contributed by atoms with E-state index in [0.717, 1.165) is 18.5 Å². The predicted molar refractivity (Wildman–Crippen MR) is 120 cm³/mol. The van der Waals surface area contributed by atoms with Crippen LogP contribution in [0.25, 0.3) is 0 Å². The van der Waals surface area contributed by atoms with E-state index in [9.17, 15) is 0 Å². The SMILES string of the molecule is CO[Si](CC[Si]1(C)O[SiH](C)O[Si](C)(CCCOC2COC2)O[SiH](C)O1)(OC)OC. The van der Waals surface area contributed by atoms with E-state index in [-0.39, 0.29) is 6.10 Å². The van der Waals surface area contributed by atoms with Crippen LogP contribution in [0.2, 0.25) is 44.3 Å². The second kappa shape index (κ2) is 11.5. The molecule has 0 N–H and O–H groups in total. The summed E-state index contributed by atoms with van der Waals surface area (Å²) in [6, 6.07) is 2.26. The minimum atomic E-state index is -2.67. The summed E-state index contributed by atoms with van der Waals surface area (Å²) in [5, 5.41) is 0. The van der Waals surface area contributed by atoms with Crippen LogP contribution in [-0.4, -0.2) is 91.7 Å². The van der Waals surface area contributed by atoms with Crippen LogP contribution >= 0.6 is 0 Å². The van der Waals surface area contributed by atoms with Gasteiger partial charge in [0.25, 0.3) is 0 Å². The van der Waals surface area contributed by atoms with Crippen molar-refractivity contribution in [2.45, 2.75) is 56.8 Å². The molecule has 2 aliphatic heterocycles. The Labute approximate surface area is 181 Å². The van der Waals surface area contributed by atoms with Gasteiger partial charge in [-0.3, -0.25) is 0 Å². The Bertz CT molecular complexity index is 473. The summed E-state index contributed by atoms with van der Waals surface area (Å²) in [5.74, 6) is 0. The molecule has 2 saturated heterocycles. The largest absolute Gasteiger partial charge is 0.500 e. The monoisotopic (exact) mass is 502 g/mol. The Kier molecular flexibility index (Phi) is 10.3. The minimum Gasteiger partial charge on any atom is -0.418 e. The molecule has 0 saturated carbocycles. The van der Waals surface area contributed by atoms with E-state index in [4.69, 9.17) is 39.2 Å². The van der Waals surface area contributed by atoms with E-state index >= 15 is 0 Å². The molecule has 2 aliphatic rings. The lowest BCUT2D eigenvalue weighted by Crippen LogP contribution is -2.58. The van der Waals surface area contributed by atoms with Gasteiger partial charge in [0.2, 0.25) is 0 Å². The summed E-state index contributed by atoms with van der Waals surface area (Å²) in [6.07, 6.45) is 1.17. The molecule has 2 rings (SSSR count). The number of rotatable bonds is 11. The summed E-state index contributed by atoms with van der Waals surface area (Å²) in [7, 11) is -6.38. The topological polar surface area (TPSA) is 83.1 Å². The zero-order valence-corrected chi connectivity index (χ0v) is 24.2. The lowest BCUT2D eigenvalue weighted by molar-refractivity contribution is -0.129. The first-order valence-corrected chi connectivity index (χ1v) is 21.4. The summed E-state index contributed by atoms with van der Waals surface area (Å²) in [6.45, 7) is 10.5. The standard InChI is InChI=1S/C15H38O9Si5/c1-16-29(17-2,18-3)12-11-28(7)23-25(4)21-27(6,22-26(5)24-28)10-8-9-20-15-13-19-14-15/h15,25-26H,8-14H2,1-7H3. The highest BCUT2D eigenvalue weighted by Gasteiger charge is 2.48. The average Bonchev–Trinajstić information content (AvgIpc) is 2.60. The summed E-state index contributed by atoms with van der Waals surface area (Å²) < 4.78 is 53.4. The molecule has 2 unspecified atom stereocenters. The quantitative estimate of drug-likeness (QED) is 0.309. The first-order chi connectivity index (χ1) is 13.7. The highest BCUT2D eigenvalue weighted by Crippen LogP contribution is 2.30. The fourth-order valence-electron chi connectivity index (χ4n) is 3.63. The first kappa shape index (κ1) is 26.0. The molecule has 2 heterocycles. The van der Waals surface area contributed by atoms with Gasteiger partial charge in [-0.1, -0.05) is 0 Å². The lowest BCUT2D eigenvalue weighted by Gasteiger charge is -2.42. The van der Waals surface area contributed by atoms with Crippen LogP contribution in [0.3, 0.4) is 0 Å². The highest BCUT2D eigenvalue weighted by atomic mass is 28.5. The lowest BCUT2D eigenvalue weighted by atomic mass is 10.3. The third-order valence-corrected chi connectivity index (χ3v) is 24.2. The molecule has 14 heteroatoms. The molecule has 0 aromatic heterocycles. The Morgan fingerprint density at radius 2 is 1.34 bits per heavy atom. The Hall–Kier alpha value is 0.724. The molecular formula is C15H38O9Si5. The minimum absolute atomic E-state index is 0.255. The molecular weight excluding hydrogens is 465 g/mol. The Morgan fingerprint density at radius 3 is 1.76 bits per heavy atom. The van der Waals surface area contributed by atoms with Crippen molar-refractivity contribution in [1.29, 1.82) is 0 Å². The van der Waals surface area contributed by atoms with Crippen molar-refractivity contribution in [3.05, 3.63) is 0 Å². The van der Waals surface area contributed by atoms with Crippen molar-refractivity contribution in [3.63, 3.8) is 0 Å². The molecule has 0 aromatic rings. The molecule has 0 spiro atoms. The van der Waals surface area contributed by atoms with Crippen LogP contribution in [0.5, 0.6) is 0 Å². The second-order valence-corrected chi connectivity index (χ2v) is 22.5. The van der Waals surface area contributed by atoms with Gasteiger partial charge in [0.15, 0.2) is 0 Å². The molecule has 0 bridgehead atoms. The molecule has 172 valence electrons. The average molecular weight is 503 g/mol. The predicted octanol–water partition coefficient (Wildman–Crippen LogP) is 1.59. The first-order valence-electron chi connectivity index (χ1n) is 10.2. The maximum atomic E-state index is 6.48. The normalized spacial score (nSPS) is 34.4. The van der Waals surface area contributed by atoms with Crippen LogP contribution < -0.4 is 0 Å².